The lowest BCUT2D eigenvalue weighted by Gasteiger charge is -2.30. The summed E-state index contributed by atoms with van der Waals surface area (Å²) in [6.45, 7) is 2.41. The Bertz CT molecular complexity index is 406. The van der Waals surface area contributed by atoms with Gasteiger partial charge in [-0.15, -0.1) is 0 Å². The van der Waals surface area contributed by atoms with Crippen molar-refractivity contribution in [3.8, 4) is 0 Å². The Labute approximate surface area is 92.4 Å². The van der Waals surface area contributed by atoms with E-state index in [2.05, 4.69) is 5.32 Å². The van der Waals surface area contributed by atoms with Crippen molar-refractivity contribution in [2.45, 2.75) is 12.5 Å². The monoisotopic (exact) mass is 224 g/mol. The second-order valence-corrected chi connectivity index (χ2v) is 4.52. The number of hydrogen-bond acceptors (Lipinski definition) is 3. The first-order valence-electron chi connectivity index (χ1n) is 5.50. The minimum Gasteiger partial charge on any atom is -0.426 e. The fraction of sp³-hybridized carbons (Fsp3) is 0.545. The van der Waals surface area contributed by atoms with E-state index >= 15 is 0 Å². The van der Waals surface area contributed by atoms with Crippen LogP contribution in [0.4, 0.5) is 4.39 Å². The summed E-state index contributed by atoms with van der Waals surface area (Å²) in [5.74, 6) is 0.420. The number of hydrogen-bond donors (Lipinski definition) is 1. The van der Waals surface area contributed by atoms with Crippen LogP contribution in [0.25, 0.3) is 0 Å². The normalized spacial score (nSPS) is 28.4. The zero-order valence-corrected chi connectivity index (χ0v) is 8.78. The molecular weight excluding hydrogens is 211 g/mol. The largest absolute Gasteiger partial charge is 0.426 e. The highest BCUT2D eigenvalue weighted by molar-refractivity contribution is 5.91. The van der Waals surface area contributed by atoms with Gasteiger partial charge in [-0.3, -0.25) is 4.79 Å². The van der Waals surface area contributed by atoms with Gasteiger partial charge >= 0.3 is 0 Å². The predicted molar refractivity (Wildman–Crippen MR) is 54.5 cm³/mol. The standard InChI is InChI=1S/C11H13FN2O2/c12-10-2-1-9(16-10)11(15)14-5-7-3-8(6-14)13-4-7/h1-2,7-8,13H,3-6H2/t7-,8+/m1/s1. The Kier molecular flexibility index (Phi) is 2.21. The first-order valence-corrected chi connectivity index (χ1v) is 5.50. The molecule has 2 saturated heterocycles. The summed E-state index contributed by atoms with van der Waals surface area (Å²) in [6.07, 6.45) is 1.14. The van der Waals surface area contributed by atoms with Crippen LogP contribution < -0.4 is 5.32 Å². The maximum atomic E-state index is 12.7. The molecule has 2 fully saturated rings. The average molecular weight is 224 g/mol. The molecule has 2 aliphatic heterocycles. The summed E-state index contributed by atoms with van der Waals surface area (Å²) in [5.41, 5.74) is 0. The summed E-state index contributed by atoms with van der Waals surface area (Å²) in [6, 6.07) is 2.25. The van der Waals surface area contributed by atoms with Crippen molar-refractivity contribution >= 4 is 5.91 Å². The van der Waals surface area contributed by atoms with Gasteiger partial charge in [0.25, 0.3) is 11.9 Å². The van der Waals surface area contributed by atoms with Crippen molar-refractivity contribution in [1.82, 2.24) is 10.2 Å². The zero-order valence-electron chi connectivity index (χ0n) is 8.78. The molecule has 0 radical (unpaired) electrons. The number of piperidine rings is 1. The van der Waals surface area contributed by atoms with E-state index in [4.69, 9.17) is 4.42 Å². The Balaban J connectivity index is 1.76. The van der Waals surface area contributed by atoms with Gasteiger partial charge in [-0.2, -0.15) is 4.39 Å². The van der Waals surface area contributed by atoms with Crippen molar-refractivity contribution in [3.05, 3.63) is 23.9 Å². The summed E-state index contributed by atoms with van der Waals surface area (Å²) >= 11 is 0. The molecule has 1 N–H and O–H groups in total. The second kappa shape index (κ2) is 3.59. The van der Waals surface area contributed by atoms with Crippen LogP contribution in [0, 0.1) is 11.9 Å². The predicted octanol–water partition coefficient (Wildman–Crippen LogP) is 0.853. The van der Waals surface area contributed by atoms with Crippen molar-refractivity contribution in [1.29, 1.82) is 0 Å². The number of amides is 1. The van der Waals surface area contributed by atoms with Crippen molar-refractivity contribution < 1.29 is 13.6 Å². The molecule has 0 unspecified atom stereocenters. The lowest BCUT2D eigenvalue weighted by atomic mass is 10.00. The molecule has 2 bridgehead atoms. The smallest absolute Gasteiger partial charge is 0.289 e. The molecule has 5 heteroatoms. The van der Waals surface area contributed by atoms with Crippen LogP contribution in [-0.2, 0) is 0 Å². The minimum absolute atomic E-state index is 0.0961. The molecular formula is C11H13FN2O2. The molecule has 1 aromatic heterocycles. The highest BCUT2D eigenvalue weighted by Crippen LogP contribution is 2.23. The van der Waals surface area contributed by atoms with E-state index in [1.54, 1.807) is 4.90 Å². The van der Waals surface area contributed by atoms with Gasteiger partial charge in [0.2, 0.25) is 0 Å². The molecule has 0 saturated carbocycles. The molecule has 86 valence electrons. The molecule has 0 spiro atoms. The average Bonchev–Trinajstić information content (AvgIpc) is 2.84. The maximum absolute atomic E-state index is 12.7. The Hall–Kier alpha value is -1.36. The fourth-order valence-electron chi connectivity index (χ4n) is 2.58. The molecule has 16 heavy (non-hydrogen) atoms. The molecule has 1 amide bonds. The Morgan fingerprint density at radius 3 is 3.06 bits per heavy atom. The summed E-state index contributed by atoms with van der Waals surface area (Å²) in [5, 5.41) is 3.36. The third-order valence-electron chi connectivity index (χ3n) is 3.30. The third kappa shape index (κ3) is 1.61. The lowest BCUT2D eigenvalue weighted by Crippen LogP contribution is -2.44. The molecule has 2 atom stereocenters. The SMILES string of the molecule is O=C(c1ccc(F)o1)N1C[C@H]2CN[C@@H](C2)C1. The number of carbonyl (C=O) groups excluding carboxylic acids is 1. The topological polar surface area (TPSA) is 45.5 Å². The molecule has 4 nitrogen and oxygen atoms in total. The number of likely N-dealkylation sites (tertiary alicyclic amines) is 1. The van der Waals surface area contributed by atoms with Gasteiger partial charge in [-0.05, 0) is 18.4 Å². The van der Waals surface area contributed by atoms with Crippen LogP contribution in [0.1, 0.15) is 17.0 Å². The summed E-state index contributed by atoms with van der Waals surface area (Å²) in [7, 11) is 0. The Morgan fingerprint density at radius 1 is 1.50 bits per heavy atom. The van der Waals surface area contributed by atoms with Gasteiger partial charge in [0.15, 0.2) is 5.76 Å². The number of furan rings is 1. The van der Waals surface area contributed by atoms with E-state index < -0.39 is 6.01 Å². The van der Waals surface area contributed by atoms with Crippen LogP contribution in [0.2, 0.25) is 0 Å². The van der Waals surface area contributed by atoms with E-state index in [0.29, 0.717) is 18.5 Å². The molecule has 1 aromatic rings. The summed E-state index contributed by atoms with van der Waals surface area (Å²) in [4.78, 5) is 13.7. The summed E-state index contributed by atoms with van der Waals surface area (Å²) < 4.78 is 17.4. The van der Waals surface area contributed by atoms with Crippen LogP contribution >= 0.6 is 0 Å². The van der Waals surface area contributed by atoms with Gasteiger partial charge in [-0.1, -0.05) is 0 Å². The third-order valence-corrected chi connectivity index (χ3v) is 3.30. The molecule has 0 aliphatic carbocycles. The minimum atomic E-state index is -0.707. The number of carbonyl (C=O) groups is 1. The fourth-order valence-corrected chi connectivity index (χ4v) is 2.58. The van der Waals surface area contributed by atoms with Crippen LogP contribution in [0.15, 0.2) is 16.5 Å². The molecule has 0 aromatic carbocycles. The van der Waals surface area contributed by atoms with Crippen LogP contribution in [-0.4, -0.2) is 36.5 Å². The highest BCUT2D eigenvalue weighted by Gasteiger charge is 2.35. The second-order valence-electron chi connectivity index (χ2n) is 4.52. The van der Waals surface area contributed by atoms with Gasteiger partial charge < -0.3 is 14.6 Å². The first-order chi connectivity index (χ1) is 7.72. The number of rotatable bonds is 1. The quantitative estimate of drug-likeness (QED) is 0.769. The first kappa shape index (κ1) is 9.84. The van der Waals surface area contributed by atoms with Crippen molar-refractivity contribution in [2.24, 2.45) is 5.92 Å². The van der Waals surface area contributed by atoms with E-state index in [1.807, 2.05) is 0 Å². The molecule has 2 aliphatic rings. The van der Waals surface area contributed by atoms with E-state index in [0.717, 1.165) is 19.5 Å². The Morgan fingerprint density at radius 2 is 2.38 bits per heavy atom. The highest BCUT2D eigenvalue weighted by atomic mass is 19.1. The van der Waals surface area contributed by atoms with E-state index in [1.165, 1.54) is 12.1 Å². The number of nitrogens with one attached hydrogen (secondary N) is 1. The van der Waals surface area contributed by atoms with Crippen molar-refractivity contribution in [3.63, 3.8) is 0 Å². The van der Waals surface area contributed by atoms with Gasteiger partial charge in [0, 0.05) is 31.7 Å². The van der Waals surface area contributed by atoms with Gasteiger partial charge in [-0.25, -0.2) is 0 Å². The van der Waals surface area contributed by atoms with Crippen molar-refractivity contribution in [2.75, 3.05) is 19.6 Å². The van der Waals surface area contributed by atoms with Crippen LogP contribution in [0.5, 0.6) is 0 Å². The number of fused-ring (bicyclic) bond motifs is 2. The van der Waals surface area contributed by atoms with E-state index in [9.17, 15) is 9.18 Å². The molecule has 3 heterocycles. The maximum Gasteiger partial charge on any atom is 0.289 e. The van der Waals surface area contributed by atoms with E-state index in [-0.39, 0.29) is 11.7 Å². The zero-order chi connectivity index (χ0) is 11.1. The number of halogens is 1. The lowest BCUT2D eigenvalue weighted by molar-refractivity contribution is 0.0651. The number of nitrogens with zero attached hydrogens (tertiary/aromatic N) is 1. The van der Waals surface area contributed by atoms with Gasteiger partial charge in [0.05, 0.1) is 0 Å². The van der Waals surface area contributed by atoms with Crippen LogP contribution in [0.3, 0.4) is 0 Å². The van der Waals surface area contributed by atoms with Gasteiger partial charge in [0.1, 0.15) is 0 Å². The molecule has 3 rings (SSSR count).